The largest absolute Gasteiger partial charge is 0.318 e. The number of hydrogen-bond acceptors (Lipinski definition) is 1. The van der Waals surface area contributed by atoms with Gasteiger partial charge in [-0.25, -0.2) is 4.85 Å². The molecule has 292 valence electrons. The molecule has 0 atom stereocenters. The second-order valence-corrected chi connectivity index (χ2v) is 16.3. The molecule has 4 aromatic heterocycles. The van der Waals surface area contributed by atoms with Crippen LogP contribution in [0.15, 0.2) is 188 Å². The molecule has 0 radical (unpaired) electrons. The summed E-state index contributed by atoms with van der Waals surface area (Å²) in [5, 5.41) is 20.8. The van der Waals surface area contributed by atoms with E-state index >= 15 is 0 Å². The molecule has 0 fully saturated rings. The van der Waals surface area contributed by atoms with Crippen LogP contribution in [0.1, 0.15) is 11.1 Å². The second-order valence-electron chi connectivity index (χ2n) is 16.3. The third kappa shape index (κ3) is 4.64. The summed E-state index contributed by atoms with van der Waals surface area (Å²) in [7, 11) is 0. The molecule has 13 rings (SSSR count). The van der Waals surface area contributed by atoms with E-state index in [0.717, 1.165) is 98.5 Å². The Morgan fingerprint density at radius 3 is 1.03 bits per heavy atom. The van der Waals surface area contributed by atoms with Crippen molar-refractivity contribution in [2.75, 3.05) is 0 Å². The zero-order chi connectivity index (χ0) is 41.9. The van der Waals surface area contributed by atoms with Gasteiger partial charge in [-0.15, -0.1) is 0 Å². The van der Waals surface area contributed by atoms with Crippen LogP contribution in [0.5, 0.6) is 0 Å². The normalized spacial score (nSPS) is 11.9. The molecule has 6 nitrogen and oxygen atoms in total. The van der Waals surface area contributed by atoms with E-state index in [9.17, 15) is 11.8 Å². The SMILES string of the molecule is [C-]#[N+]c1c(-n2c3ccccc3c3cc(C)ccc32)c(C#N)c(-n2c3ccccc3c3ccccc32)c(-n2c3ccccc3c3ccccc32)c1-n1c2ccccc2c2ccccc21. The van der Waals surface area contributed by atoms with Crippen molar-refractivity contribution in [3.63, 3.8) is 0 Å². The highest BCUT2D eigenvalue weighted by molar-refractivity contribution is 6.16. The number of benzene rings is 9. The Bertz CT molecular complexity index is 3880. The van der Waals surface area contributed by atoms with E-state index in [1.165, 1.54) is 0 Å². The Labute approximate surface area is 361 Å². The number of aromatic nitrogens is 4. The minimum absolute atomic E-state index is 0.377. The topological polar surface area (TPSA) is 47.9 Å². The standard InChI is InChI=1S/C57H34N6/c1-35-31-32-52-43(33-35)42-23-9-16-30-51(42)60(52)54-44(34-58)55(61-45-24-10-3-17-36(45)37-18-4-11-25-46(37)61)57(63-49-28-14-7-21-40(49)41-22-8-15-29-50(41)63)56(53(54)59-2)62-47-26-12-5-19-38(47)39-20-6-13-27-48(39)62/h3-33H,1H3. The van der Waals surface area contributed by atoms with E-state index in [1.807, 2.05) is 6.07 Å². The van der Waals surface area contributed by atoms with E-state index in [-0.39, 0.29) is 0 Å². The van der Waals surface area contributed by atoms with Gasteiger partial charge < -0.3 is 18.3 Å². The third-order valence-corrected chi connectivity index (χ3v) is 13.1. The van der Waals surface area contributed by atoms with Gasteiger partial charge in [-0.05, 0) is 61.5 Å². The summed E-state index contributed by atoms with van der Waals surface area (Å²) < 4.78 is 9.07. The molecule has 9 aromatic carbocycles. The number of rotatable bonds is 4. The van der Waals surface area contributed by atoms with Crippen molar-refractivity contribution in [1.29, 1.82) is 5.26 Å². The first-order valence-corrected chi connectivity index (χ1v) is 21.1. The lowest BCUT2D eigenvalue weighted by atomic mass is 10.0. The summed E-state index contributed by atoms with van der Waals surface area (Å²) in [5.41, 5.74) is 12.2. The molecule has 0 aliphatic rings. The van der Waals surface area contributed by atoms with E-state index < -0.39 is 0 Å². The Morgan fingerprint density at radius 2 is 0.667 bits per heavy atom. The van der Waals surface area contributed by atoms with Gasteiger partial charge in [-0.2, -0.15) is 5.26 Å². The van der Waals surface area contributed by atoms with Crippen LogP contribution in [0.3, 0.4) is 0 Å². The molecule has 6 heteroatoms. The maximum absolute atomic E-state index is 12.2. The van der Waals surface area contributed by atoms with Crippen LogP contribution in [0, 0.1) is 24.8 Å². The molecular formula is C57H34N6. The van der Waals surface area contributed by atoms with Crippen LogP contribution in [-0.2, 0) is 0 Å². The maximum atomic E-state index is 12.2. The van der Waals surface area contributed by atoms with E-state index in [4.69, 9.17) is 0 Å². The molecule has 0 saturated carbocycles. The highest BCUT2D eigenvalue weighted by Gasteiger charge is 2.34. The lowest BCUT2D eigenvalue weighted by molar-refractivity contribution is 1.03. The highest BCUT2D eigenvalue weighted by Crippen LogP contribution is 2.51. The van der Waals surface area contributed by atoms with E-state index in [1.54, 1.807) is 0 Å². The van der Waals surface area contributed by atoms with Gasteiger partial charge in [-0.1, -0.05) is 139 Å². The van der Waals surface area contributed by atoms with Crippen molar-refractivity contribution < 1.29 is 0 Å². The Hall–Kier alpha value is -8.84. The molecule has 0 bridgehead atoms. The van der Waals surface area contributed by atoms with Crippen LogP contribution in [-0.4, -0.2) is 18.3 Å². The predicted octanol–water partition coefficient (Wildman–Crippen LogP) is 14.8. The van der Waals surface area contributed by atoms with Crippen LogP contribution in [0.4, 0.5) is 5.69 Å². The van der Waals surface area contributed by atoms with Crippen molar-refractivity contribution in [1.82, 2.24) is 18.3 Å². The smallest absolute Gasteiger partial charge is 0.237 e. The minimum Gasteiger partial charge on any atom is -0.318 e. The third-order valence-electron chi connectivity index (χ3n) is 13.1. The fourth-order valence-corrected chi connectivity index (χ4v) is 10.6. The van der Waals surface area contributed by atoms with Gasteiger partial charge in [0.2, 0.25) is 5.69 Å². The number of hydrogen-bond donors (Lipinski definition) is 0. The van der Waals surface area contributed by atoms with E-state index in [0.29, 0.717) is 28.3 Å². The van der Waals surface area contributed by atoms with Crippen molar-refractivity contribution >= 4 is 92.9 Å². The lowest BCUT2D eigenvalue weighted by Crippen LogP contribution is -2.14. The van der Waals surface area contributed by atoms with E-state index in [2.05, 4.69) is 218 Å². The number of fused-ring (bicyclic) bond motifs is 12. The van der Waals surface area contributed by atoms with Crippen molar-refractivity contribution in [2.45, 2.75) is 6.92 Å². The summed E-state index contributed by atoms with van der Waals surface area (Å²) >= 11 is 0. The molecule has 4 heterocycles. The Morgan fingerprint density at radius 1 is 0.365 bits per heavy atom. The first-order valence-electron chi connectivity index (χ1n) is 21.1. The first kappa shape index (κ1) is 35.0. The highest BCUT2D eigenvalue weighted by atomic mass is 15.1. The summed E-state index contributed by atoms with van der Waals surface area (Å²) in [4.78, 5) is 4.65. The predicted molar refractivity (Wildman–Crippen MR) is 260 cm³/mol. The average Bonchev–Trinajstić information content (AvgIpc) is 4.06. The Balaban J connectivity index is 1.40. The Kier molecular flexibility index (Phi) is 7.26. The van der Waals surface area contributed by atoms with Crippen LogP contribution >= 0.6 is 0 Å². The number of aryl methyl sites for hydroxylation is 1. The van der Waals surface area contributed by atoms with Crippen LogP contribution < -0.4 is 0 Å². The fourth-order valence-electron chi connectivity index (χ4n) is 10.6. The molecule has 0 spiro atoms. The molecule has 0 amide bonds. The molecular weight excluding hydrogens is 769 g/mol. The van der Waals surface area contributed by atoms with Gasteiger partial charge in [-0.3, -0.25) is 0 Å². The van der Waals surface area contributed by atoms with Gasteiger partial charge in [0, 0.05) is 43.1 Å². The van der Waals surface area contributed by atoms with Crippen molar-refractivity contribution in [3.05, 3.63) is 211 Å². The monoisotopic (exact) mass is 802 g/mol. The van der Waals surface area contributed by atoms with Gasteiger partial charge in [0.05, 0.1) is 79.0 Å². The summed E-state index contributed by atoms with van der Waals surface area (Å²) in [5.74, 6) is 0. The van der Waals surface area contributed by atoms with Gasteiger partial charge in [0.1, 0.15) is 6.07 Å². The van der Waals surface area contributed by atoms with Gasteiger partial charge >= 0.3 is 0 Å². The second kappa shape index (κ2) is 13.1. The molecule has 0 unspecified atom stereocenters. The lowest BCUT2D eigenvalue weighted by Gasteiger charge is -2.27. The van der Waals surface area contributed by atoms with Gasteiger partial charge in [0.25, 0.3) is 0 Å². The summed E-state index contributed by atoms with van der Waals surface area (Å²) in [6.07, 6.45) is 0. The molecule has 63 heavy (non-hydrogen) atoms. The maximum Gasteiger partial charge on any atom is 0.237 e. The molecule has 0 aliphatic carbocycles. The number of nitriles is 1. The summed E-state index contributed by atoms with van der Waals surface area (Å²) in [6, 6.07) is 68.5. The zero-order valence-corrected chi connectivity index (χ0v) is 34.1. The number of nitrogens with zero attached hydrogens (tertiary/aromatic N) is 6. The molecule has 13 aromatic rings. The van der Waals surface area contributed by atoms with Crippen LogP contribution in [0.25, 0.3) is 115 Å². The van der Waals surface area contributed by atoms with Crippen molar-refractivity contribution in [3.8, 4) is 28.8 Å². The fraction of sp³-hybridized carbons (Fsp3) is 0.0175. The zero-order valence-electron chi connectivity index (χ0n) is 34.1. The van der Waals surface area contributed by atoms with Crippen LogP contribution in [0.2, 0.25) is 0 Å². The van der Waals surface area contributed by atoms with Crippen molar-refractivity contribution in [2.24, 2.45) is 0 Å². The average molecular weight is 803 g/mol. The summed E-state index contributed by atoms with van der Waals surface area (Å²) in [6.45, 7) is 11.6. The quantitative estimate of drug-likeness (QED) is 0.164. The molecule has 0 aliphatic heterocycles. The van der Waals surface area contributed by atoms with Gasteiger partial charge in [0.15, 0.2) is 0 Å². The number of para-hydroxylation sites is 7. The first-order chi connectivity index (χ1) is 31.2. The molecule has 0 saturated heterocycles. The molecule has 0 N–H and O–H groups in total. The minimum atomic E-state index is 0.377.